The van der Waals surface area contributed by atoms with Crippen LogP contribution in [0.2, 0.25) is 0 Å². The maximum Gasteiger partial charge on any atom is 0.256 e. The van der Waals surface area contributed by atoms with E-state index in [1.165, 1.54) is 0 Å². The zero-order valence-electron chi connectivity index (χ0n) is 11.8. The Morgan fingerprint density at radius 2 is 1.77 bits per heavy atom. The molecule has 0 radical (unpaired) electrons. The minimum atomic E-state index is -0.272. The second-order valence-electron chi connectivity index (χ2n) is 4.51. The van der Waals surface area contributed by atoms with Crippen LogP contribution in [0.3, 0.4) is 0 Å². The average Bonchev–Trinajstić information content (AvgIpc) is 3.04. The average molecular weight is 295 g/mol. The van der Waals surface area contributed by atoms with Crippen LogP contribution in [-0.2, 0) is 0 Å². The zero-order chi connectivity index (χ0) is 15.4. The summed E-state index contributed by atoms with van der Waals surface area (Å²) in [7, 11) is 1.60. The van der Waals surface area contributed by atoms with Gasteiger partial charge in [-0.3, -0.25) is 4.79 Å². The Labute approximate surface area is 126 Å². The van der Waals surface area contributed by atoms with Crippen molar-refractivity contribution in [3.63, 3.8) is 0 Å². The molecule has 3 aromatic rings. The van der Waals surface area contributed by atoms with Gasteiger partial charge in [0.05, 0.1) is 7.11 Å². The number of benzene rings is 2. The van der Waals surface area contributed by atoms with Crippen LogP contribution in [0.25, 0.3) is 11.3 Å². The van der Waals surface area contributed by atoms with Gasteiger partial charge in [-0.15, -0.1) is 0 Å². The molecule has 3 rings (SSSR count). The van der Waals surface area contributed by atoms with Crippen LogP contribution < -0.4 is 10.1 Å². The van der Waals surface area contributed by atoms with Gasteiger partial charge in [0.15, 0.2) is 5.69 Å². The Morgan fingerprint density at radius 1 is 1.05 bits per heavy atom. The molecule has 0 atom stereocenters. The Hall–Kier alpha value is -3.15. The summed E-state index contributed by atoms with van der Waals surface area (Å²) >= 11 is 0. The maximum absolute atomic E-state index is 12.2. The van der Waals surface area contributed by atoms with Gasteiger partial charge < -0.3 is 10.1 Å². The lowest BCUT2D eigenvalue weighted by Gasteiger charge is -2.04. The molecule has 0 aliphatic carbocycles. The van der Waals surface area contributed by atoms with Crippen molar-refractivity contribution in [2.45, 2.75) is 0 Å². The summed E-state index contributed by atoms with van der Waals surface area (Å²) in [6.45, 7) is 0. The number of aromatic nitrogens is 2. The van der Waals surface area contributed by atoms with Crippen molar-refractivity contribution < 1.29 is 14.2 Å². The summed E-state index contributed by atoms with van der Waals surface area (Å²) in [5, 5.41) is 10.3. The van der Waals surface area contributed by atoms with Gasteiger partial charge in [0.1, 0.15) is 5.75 Å². The Morgan fingerprint density at radius 3 is 2.45 bits per heavy atom. The van der Waals surface area contributed by atoms with E-state index in [2.05, 4.69) is 15.6 Å². The smallest absolute Gasteiger partial charge is 0.256 e. The number of carbonyl (C=O) groups is 1. The first-order valence-electron chi connectivity index (χ1n) is 6.61. The zero-order valence-corrected chi connectivity index (χ0v) is 11.8. The van der Waals surface area contributed by atoms with E-state index in [9.17, 15) is 4.79 Å². The van der Waals surface area contributed by atoms with E-state index in [4.69, 9.17) is 9.37 Å². The third-order valence-corrected chi connectivity index (χ3v) is 3.12. The molecule has 22 heavy (non-hydrogen) atoms. The van der Waals surface area contributed by atoms with Gasteiger partial charge in [-0.25, -0.2) is 4.63 Å². The molecule has 2 aromatic carbocycles. The van der Waals surface area contributed by atoms with Crippen molar-refractivity contribution in [3.8, 4) is 17.0 Å². The molecule has 6 heteroatoms. The van der Waals surface area contributed by atoms with E-state index < -0.39 is 0 Å². The summed E-state index contributed by atoms with van der Waals surface area (Å²) in [4.78, 5) is 12.2. The first kappa shape index (κ1) is 13.8. The molecule has 0 aliphatic rings. The van der Waals surface area contributed by atoms with Gasteiger partial charge >= 0.3 is 0 Å². The van der Waals surface area contributed by atoms with Gasteiger partial charge in [0, 0.05) is 11.1 Å². The highest BCUT2D eigenvalue weighted by molar-refractivity contribution is 6.05. The number of carbonyl (C=O) groups excluding carboxylic acids is 1. The number of nitrogens with zero attached hydrogens (tertiary/aromatic N) is 2. The summed E-state index contributed by atoms with van der Waals surface area (Å²) < 4.78 is 9.86. The van der Waals surface area contributed by atoms with Crippen LogP contribution in [0, 0.1) is 0 Å². The monoisotopic (exact) mass is 295 g/mol. The van der Waals surface area contributed by atoms with Gasteiger partial charge in [0.25, 0.3) is 5.91 Å². The highest BCUT2D eigenvalue weighted by atomic mass is 16.6. The second kappa shape index (κ2) is 6.09. The molecule has 0 unspecified atom stereocenters. The predicted octanol–water partition coefficient (Wildman–Crippen LogP) is 3.00. The van der Waals surface area contributed by atoms with Gasteiger partial charge in [-0.2, -0.15) is 0 Å². The van der Waals surface area contributed by atoms with Crippen LogP contribution in [0.15, 0.2) is 59.2 Å². The van der Waals surface area contributed by atoms with Gasteiger partial charge in [-0.1, -0.05) is 18.2 Å². The fraction of sp³-hybridized carbons (Fsp3) is 0.0625. The Kier molecular flexibility index (Phi) is 3.82. The van der Waals surface area contributed by atoms with Crippen LogP contribution in [0.5, 0.6) is 5.75 Å². The molecule has 1 amide bonds. The predicted molar refractivity (Wildman–Crippen MR) is 80.7 cm³/mol. The molecule has 1 aromatic heterocycles. The lowest BCUT2D eigenvalue weighted by atomic mass is 10.1. The highest BCUT2D eigenvalue weighted by Gasteiger charge is 2.16. The third kappa shape index (κ3) is 2.80. The number of nitrogens with one attached hydrogen (secondary N) is 1. The SMILES string of the molecule is COc1ccc(-c2nonc2NC(=O)c2ccccc2)cc1. The first-order chi connectivity index (χ1) is 10.8. The molecule has 1 heterocycles. The lowest BCUT2D eigenvalue weighted by Crippen LogP contribution is -2.12. The molecular formula is C16H13N3O3. The van der Waals surface area contributed by atoms with Crippen molar-refractivity contribution >= 4 is 11.7 Å². The maximum atomic E-state index is 12.2. The molecule has 0 fully saturated rings. The minimum absolute atomic E-state index is 0.272. The summed E-state index contributed by atoms with van der Waals surface area (Å²) in [5.41, 5.74) is 1.77. The van der Waals surface area contributed by atoms with Crippen LogP contribution >= 0.6 is 0 Å². The fourth-order valence-electron chi connectivity index (χ4n) is 1.98. The van der Waals surface area contributed by atoms with Gasteiger partial charge in [0.2, 0.25) is 5.82 Å². The van der Waals surface area contributed by atoms with Crippen LogP contribution in [0.1, 0.15) is 10.4 Å². The van der Waals surface area contributed by atoms with Crippen molar-refractivity contribution in [1.82, 2.24) is 10.3 Å². The van der Waals surface area contributed by atoms with E-state index in [1.807, 2.05) is 18.2 Å². The number of ether oxygens (including phenoxy) is 1. The number of methoxy groups -OCH3 is 1. The summed E-state index contributed by atoms with van der Waals surface area (Å²) in [6.07, 6.45) is 0. The fourth-order valence-corrected chi connectivity index (χ4v) is 1.98. The van der Waals surface area contributed by atoms with E-state index in [1.54, 1.807) is 43.5 Å². The van der Waals surface area contributed by atoms with E-state index in [0.29, 0.717) is 11.3 Å². The number of anilines is 1. The number of rotatable bonds is 4. The number of hydrogen-bond donors (Lipinski definition) is 1. The molecule has 0 spiro atoms. The largest absolute Gasteiger partial charge is 0.497 e. The highest BCUT2D eigenvalue weighted by Crippen LogP contribution is 2.26. The van der Waals surface area contributed by atoms with Crippen molar-refractivity contribution in [1.29, 1.82) is 0 Å². The summed E-state index contributed by atoms with van der Waals surface area (Å²) in [6, 6.07) is 16.1. The van der Waals surface area contributed by atoms with Crippen LogP contribution in [0.4, 0.5) is 5.82 Å². The topological polar surface area (TPSA) is 77.2 Å². The van der Waals surface area contributed by atoms with Gasteiger partial charge in [-0.05, 0) is 46.7 Å². The number of amides is 1. The van der Waals surface area contributed by atoms with Crippen molar-refractivity contribution in [3.05, 3.63) is 60.2 Å². The second-order valence-corrected chi connectivity index (χ2v) is 4.51. The lowest BCUT2D eigenvalue weighted by molar-refractivity contribution is 0.102. The standard InChI is InChI=1S/C16H13N3O3/c1-21-13-9-7-11(8-10-13)14-15(19-22-18-14)17-16(20)12-5-3-2-4-6-12/h2-10H,1H3,(H,17,19,20). The van der Waals surface area contributed by atoms with E-state index >= 15 is 0 Å². The molecular weight excluding hydrogens is 282 g/mol. The molecule has 0 aliphatic heterocycles. The Bertz CT molecular complexity index is 767. The van der Waals surface area contributed by atoms with E-state index in [-0.39, 0.29) is 11.7 Å². The number of hydrogen-bond acceptors (Lipinski definition) is 5. The van der Waals surface area contributed by atoms with Crippen molar-refractivity contribution in [2.75, 3.05) is 12.4 Å². The molecule has 0 saturated heterocycles. The van der Waals surface area contributed by atoms with E-state index in [0.717, 1.165) is 11.3 Å². The minimum Gasteiger partial charge on any atom is -0.497 e. The first-order valence-corrected chi connectivity index (χ1v) is 6.61. The Balaban J connectivity index is 1.84. The molecule has 6 nitrogen and oxygen atoms in total. The molecule has 1 N–H and O–H groups in total. The molecule has 110 valence electrons. The van der Waals surface area contributed by atoms with Crippen LogP contribution in [-0.4, -0.2) is 23.3 Å². The summed E-state index contributed by atoms with van der Waals surface area (Å²) in [5.74, 6) is 0.736. The molecule has 0 bridgehead atoms. The quantitative estimate of drug-likeness (QED) is 0.800. The molecule has 0 saturated carbocycles. The van der Waals surface area contributed by atoms with Crippen molar-refractivity contribution in [2.24, 2.45) is 0 Å². The normalized spacial score (nSPS) is 10.2. The third-order valence-electron chi connectivity index (χ3n) is 3.12.